The van der Waals surface area contributed by atoms with Crippen molar-refractivity contribution in [3.05, 3.63) is 94.5 Å². The minimum Gasteiger partial charge on any atom is -0.474 e. The van der Waals surface area contributed by atoms with Gasteiger partial charge in [-0.3, -0.25) is 9.59 Å². The molecule has 1 heterocycles. The van der Waals surface area contributed by atoms with Gasteiger partial charge in [-0.25, -0.2) is 0 Å². The molecule has 0 saturated carbocycles. The third-order valence-corrected chi connectivity index (χ3v) is 5.16. The van der Waals surface area contributed by atoms with Crippen molar-refractivity contribution in [1.82, 2.24) is 4.90 Å². The normalized spacial score (nSPS) is 14.6. The molecule has 3 aromatic rings. The standard InChI is InChI=1S/C25H21N3O3/c1-28(2)25(30)18-11-9-16(10-12-18)13-19-6-4-8-21-22(19)27-24(29)23(31-21)20-7-3-5-17(14-20)15-26/h3-12,14,23H,13H2,1-2H3,(H,27,29). The van der Waals surface area contributed by atoms with Crippen molar-refractivity contribution in [3.63, 3.8) is 0 Å². The maximum absolute atomic E-state index is 12.8. The second kappa shape index (κ2) is 8.33. The third-order valence-electron chi connectivity index (χ3n) is 5.16. The number of rotatable bonds is 4. The number of hydrogen-bond donors (Lipinski definition) is 1. The molecule has 0 fully saturated rings. The van der Waals surface area contributed by atoms with E-state index in [0.717, 1.165) is 11.1 Å². The second-order valence-corrected chi connectivity index (χ2v) is 7.59. The molecule has 154 valence electrons. The van der Waals surface area contributed by atoms with Crippen molar-refractivity contribution in [2.45, 2.75) is 12.5 Å². The Kier molecular flexibility index (Phi) is 5.42. The number of anilines is 1. The van der Waals surface area contributed by atoms with Crippen LogP contribution in [0.1, 0.15) is 38.7 Å². The fraction of sp³-hybridized carbons (Fsp3) is 0.160. The molecule has 0 radical (unpaired) electrons. The zero-order chi connectivity index (χ0) is 22.0. The summed E-state index contributed by atoms with van der Waals surface area (Å²) in [5.41, 5.74) is 4.32. The molecular formula is C25H21N3O3. The van der Waals surface area contributed by atoms with Crippen LogP contribution in [0.3, 0.4) is 0 Å². The van der Waals surface area contributed by atoms with Crippen molar-refractivity contribution in [2.24, 2.45) is 0 Å². The molecule has 6 nitrogen and oxygen atoms in total. The topological polar surface area (TPSA) is 82.4 Å². The number of nitrogens with zero attached hydrogens (tertiary/aromatic N) is 2. The van der Waals surface area contributed by atoms with E-state index in [-0.39, 0.29) is 11.8 Å². The number of benzene rings is 3. The number of hydrogen-bond acceptors (Lipinski definition) is 4. The van der Waals surface area contributed by atoms with E-state index in [1.165, 1.54) is 4.90 Å². The maximum Gasteiger partial charge on any atom is 0.270 e. The molecule has 0 bridgehead atoms. The number of ether oxygens (including phenoxy) is 1. The second-order valence-electron chi connectivity index (χ2n) is 7.59. The van der Waals surface area contributed by atoms with Crippen LogP contribution in [0.25, 0.3) is 0 Å². The summed E-state index contributed by atoms with van der Waals surface area (Å²) in [4.78, 5) is 26.4. The van der Waals surface area contributed by atoms with E-state index in [1.54, 1.807) is 50.5 Å². The summed E-state index contributed by atoms with van der Waals surface area (Å²) in [6.45, 7) is 0. The van der Waals surface area contributed by atoms with Gasteiger partial charge in [0.15, 0.2) is 0 Å². The largest absolute Gasteiger partial charge is 0.474 e. The predicted molar refractivity (Wildman–Crippen MR) is 117 cm³/mol. The Bertz CT molecular complexity index is 1190. The van der Waals surface area contributed by atoms with Crippen molar-refractivity contribution in [1.29, 1.82) is 5.26 Å². The fourth-order valence-corrected chi connectivity index (χ4v) is 3.57. The van der Waals surface area contributed by atoms with E-state index in [4.69, 9.17) is 10.00 Å². The minimum atomic E-state index is -0.813. The average molecular weight is 411 g/mol. The van der Waals surface area contributed by atoms with E-state index in [2.05, 4.69) is 11.4 Å². The molecule has 1 aliphatic heterocycles. The molecule has 1 unspecified atom stereocenters. The predicted octanol–water partition coefficient (Wildman–Crippen LogP) is 3.92. The summed E-state index contributed by atoms with van der Waals surface area (Å²) in [6, 6.07) is 22.0. The Hall–Kier alpha value is -4.11. The number of para-hydroxylation sites is 1. The highest BCUT2D eigenvalue weighted by molar-refractivity contribution is 5.99. The van der Waals surface area contributed by atoms with Crippen LogP contribution in [0.15, 0.2) is 66.7 Å². The molecule has 0 aromatic heterocycles. The Balaban J connectivity index is 1.58. The van der Waals surface area contributed by atoms with Gasteiger partial charge in [0, 0.05) is 25.2 Å². The molecule has 31 heavy (non-hydrogen) atoms. The van der Waals surface area contributed by atoms with Crippen LogP contribution in [-0.4, -0.2) is 30.8 Å². The SMILES string of the molecule is CN(C)C(=O)c1ccc(Cc2cccc3c2NC(=O)C(c2cccc(C#N)c2)O3)cc1. The smallest absolute Gasteiger partial charge is 0.270 e. The monoisotopic (exact) mass is 411 g/mol. The highest BCUT2D eigenvalue weighted by atomic mass is 16.5. The molecule has 0 aliphatic carbocycles. The summed E-state index contributed by atoms with van der Waals surface area (Å²) < 4.78 is 6.01. The number of carbonyl (C=O) groups is 2. The quantitative estimate of drug-likeness (QED) is 0.705. The lowest BCUT2D eigenvalue weighted by atomic mass is 9.99. The summed E-state index contributed by atoms with van der Waals surface area (Å²) in [6.07, 6.45) is -0.231. The Labute approximate surface area is 180 Å². The Morgan fingerprint density at radius 3 is 2.55 bits per heavy atom. The number of nitriles is 1. The molecular weight excluding hydrogens is 390 g/mol. The highest BCUT2D eigenvalue weighted by Crippen LogP contribution is 2.38. The van der Waals surface area contributed by atoms with Crippen LogP contribution >= 0.6 is 0 Å². The molecule has 0 saturated heterocycles. The van der Waals surface area contributed by atoms with Gasteiger partial charge in [-0.15, -0.1) is 0 Å². The van der Waals surface area contributed by atoms with Crippen molar-refractivity contribution >= 4 is 17.5 Å². The van der Waals surface area contributed by atoms with Crippen molar-refractivity contribution in [3.8, 4) is 11.8 Å². The van der Waals surface area contributed by atoms with Gasteiger partial charge in [-0.1, -0.05) is 36.4 Å². The van der Waals surface area contributed by atoms with Gasteiger partial charge >= 0.3 is 0 Å². The van der Waals surface area contributed by atoms with Crippen LogP contribution in [0.2, 0.25) is 0 Å². The summed E-state index contributed by atoms with van der Waals surface area (Å²) in [7, 11) is 3.44. The van der Waals surface area contributed by atoms with Gasteiger partial charge < -0.3 is 15.0 Å². The molecule has 1 atom stereocenters. The van der Waals surface area contributed by atoms with Crippen molar-refractivity contribution < 1.29 is 14.3 Å². The highest BCUT2D eigenvalue weighted by Gasteiger charge is 2.30. The van der Waals surface area contributed by atoms with Gasteiger partial charge in [0.1, 0.15) is 5.75 Å². The first kappa shape index (κ1) is 20.2. The number of amides is 2. The van der Waals surface area contributed by atoms with Gasteiger partial charge in [-0.05, 0) is 47.9 Å². The summed E-state index contributed by atoms with van der Waals surface area (Å²) in [5.74, 6) is 0.265. The van der Waals surface area contributed by atoms with E-state index in [9.17, 15) is 9.59 Å². The summed E-state index contributed by atoms with van der Waals surface area (Å²) in [5, 5.41) is 12.1. The van der Waals surface area contributed by atoms with Crippen LogP contribution in [0.4, 0.5) is 5.69 Å². The molecule has 4 rings (SSSR count). The lowest BCUT2D eigenvalue weighted by Crippen LogP contribution is -2.30. The van der Waals surface area contributed by atoms with Crippen LogP contribution < -0.4 is 10.1 Å². The number of carbonyl (C=O) groups excluding carboxylic acids is 2. The zero-order valence-corrected chi connectivity index (χ0v) is 17.3. The molecule has 1 aliphatic rings. The summed E-state index contributed by atoms with van der Waals surface area (Å²) >= 11 is 0. The molecule has 6 heteroatoms. The average Bonchev–Trinajstić information content (AvgIpc) is 2.79. The third kappa shape index (κ3) is 4.12. The van der Waals surface area contributed by atoms with E-state index in [1.807, 2.05) is 30.3 Å². The van der Waals surface area contributed by atoms with E-state index in [0.29, 0.717) is 34.5 Å². The van der Waals surface area contributed by atoms with Gasteiger partial charge in [0.05, 0.1) is 17.3 Å². The molecule has 2 amide bonds. The van der Waals surface area contributed by atoms with Crippen molar-refractivity contribution in [2.75, 3.05) is 19.4 Å². The lowest BCUT2D eigenvalue weighted by molar-refractivity contribution is -0.123. The first-order valence-electron chi connectivity index (χ1n) is 9.86. The van der Waals surface area contributed by atoms with Crippen LogP contribution in [-0.2, 0) is 11.2 Å². The maximum atomic E-state index is 12.8. The van der Waals surface area contributed by atoms with Gasteiger partial charge in [0.25, 0.3) is 11.8 Å². The fourth-order valence-electron chi connectivity index (χ4n) is 3.57. The Morgan fingerprint density at radius 2 is 1.84 bits per heavy atom. The van der Waals surface area contributed by atoms with E-state index >= 15 is 0 Å². The van der Waals surface area contributed by atoms with Crippen LogP contribution in [0, 0.1) is 11.3 Å². The van der Waals surface area contributed by atoms with Gasteiger partial charge in [-0.2, -0.15) is 5.26 Å². The zero-order valence-electron chi connectivity index (χ0n) is 17.3. The number of nitrogens with one attached hydrogen (secondary N) is 1. The van der Waals surface area contributed by atoms with Gasteiger partial charge in [0.2, 0.25) is 6.10 Å². The molecule has 1 N–H and O–H groups in total. The first-order chi connectivity index (χ1) is 15.0. The molecule has 3 aromatic carbocycles. The van der Waals surface area contributed by atoms with E-state index < -0.39 is 6.10 Å². The molecule has 0 spiro atoms. The van der Waals surface area contributed by atoms with Crippen LogP contribution in [0.5, 0.6) is 5.75 Å². The Morgan fingerprint density at radius 1 is 1.10 bits per heavy atom. The lowest BCUT2D eigenvalue weighted by Gasteiger charge is -2.28. The minimum absolute atomic E-state index is 0.0455. The first-order valence-corrected chi connectivity index (χ1v) is 9.86. The number of fused-ring (bicyclic) bond motifs is 1.